The number of aryl methyl sites for hydroxylation is 1. The Morgan fingerprint density at radius 2 is 2.26 bits per heavy atom. The van der Waals surface area contributed by atoms with Gasteiger partial charge in [-0.05, 0) is 45.6 Å². The summed E-state index contributed by atoms with van der Waals surface area (Å²) in [5, 5.41) is 3.32. The summed E-state index contributed by atoms with van der Waals surface area (Å²) in [7, 11) is 4.33. The van der Waals surface area contributed by atoms with Gasteiger partial charge in [-0.15, -0.1) is 0 Å². The fourth-order valence-electron chi connectivity index (χ4n) is 2.68. The second-order valence-corrected chi connectivity index (χ2v) is 5.74. The molecule has 108 valence electrons. The lowest BCUT2D eigenvalue weighted by molar-refractivity contribution is 0.250. The predicted molar refractivity (Wildman–Crippen MR) is 78.2 cm³/mol. The van der Waals surface area contributed by atoms with E-state index in [4.69, 9.17) is 4.42 Å². The van der Waals surface area contributed by atoms with E-state index in [9.17, 15) is 0 Å². The van der Waals surface area contributed by atoms with Crippen molar-refractivity contribution in [2.24, 2.45) is 0 Å². The molecule has 0 bridgehead atoms. The van der Waals surface area contributed by atoms with Gasteiger partial charge in [-0.2, -0.15) is 0 Å². The highest BCUT2D eigenvalue weighted by atomic mass is 16.3. The first-order chi connectivity index (χ1) is 9.10. The molecule has 1 atom stereocenters. The molecule has 2 rings (SSSR count). The van der Waals surface area contributed by atoms with E-state index >= 15 is 0 Å². The van der Waals surface area contributed by atoms with Crippen molar-refractivity contribution in [3.8, 4) is 0 Å². The van der Waals surface area contributed by atoms with E-state index in [0.717, 1.165) is 37.7 Å². The van der Waals surface area contributed by atoms with Crippen LogP contribution in [0.25, 0.3) is 0 Å². The maximum Gasteiger partial charge on any atom is 0.120 e. The average molecular weight is 265 g/mol. The maximum absolute atomic E-state index is 5.96. The van der Waals surface area contributed by atoms with Crippen LogP contribution in [-0.2, 0) is 13.1 Å². The number of nitrogens with one attached hydrogen (secondary N) is 1. The van der Waals surface area contributed by atoms with Gasteiger partial charge in [0.1, 0.15) is 11.5 Å². The van der Waals surface area contributed by atoms with Gasteiger partial charge >= 0.3 is 0 Å². The van der Waals surface area contributed by atoms with Gasteiger partial charge < -0.3 is 14.6 Å². The SMILES string of the molecule is CCNCc1oc(CN2CCC(N(C)C)C2)cc1C. The third-order valence-corrected chi connectivity index (χ3v) is 3.96. The van der Waals surface area contributed by atoms with E-state index in [2.05, 4.69) is 49.1 Å². The first-order valence-electron chi connectivity index (χ1n) is 7.27. The van der Waals surface area contributed by atoms with Gasteiger partial charge in [-0.1, -0.05) is 6.92 Å². The molecule has 0 aromatic carbocycles. The third-order valence-electron chi connectivity index (χ3n) is 3.96. The minimum absolute atomic E-state index is 0.692. The largest absolute Gasteiger partial charge is 0.463 e. The maximum atomic E-state index is 5.96. The van der Waals surface area contributed by atoms with Crippen LogP contribution in [0.3, 0.4) is 0 Å². The summed E-state index contributed by atoms with van der Waals surface area (Å²) >= 11 is 0. The van der Waals surface area contributed by atoms with Crippen molar-refractivity contribution in [1.29, 1.82) is 0 Å². The first-order valence-corrected chi connectivity index (χ1v) is 7.27. The van der Waals surface area contributed by atoms with Crippen LogP contribution >= 0.6 is 0 Å². The Hall–Kier alpha value is -0.840. The van der Waals surface area contributed by atoms with Gasteiger partial charge in [0.2, 0.25) is 0 Å². The highest BCUT2D eigenvalue weighted by Gasteiger charge is 2.24. The van der Waals surface area contributed by atoms with E-state index in [1.165, 1.54) is 18.5 Å². The highest BCUT2D eigenvalue weighted by Crippen LogP contribution is 2.20. The lowest BCUT2D eigenvalue weighted by Crippen LogP contribution is -2.31. The number of nitrogens with zero attached hydrogens (tertiary/aromatic N) is 2. The zero-order valence-corrected chi connectivity index (χ0v) is 12.7. The molecule has 1 saturated heterocycles. The van der Waals surface area contributed by atoms with Crippen LogP contribution in [0.5, 0.6) is 0 Å². The smallest absolute Gasteiger partial charge is 0.120 e. The number of hydrogen-bond acceptors (Lipinski definition) is 4. The van der Waals surface area contributed by atoms with Crippen LogP contribution in [0.2, 0.25) is 0 Å². The van der Waals surface area contributed by atoms with Gasteiger partial charge in [0.05, 0.1) is 13.1 Å². The van der Waals surface area contributed by atoms with Crippen molar-refractivity contribution in [3.63, 3.8) is 0 Å². The summed E-state index contributed by atoms with van der Waals surface area (Å²) in [6.45, 7) is 9.32. The summed E-state index contributed by atoms with van der Waals surface area (Å²) in [4.78, 5) is 4.81. The third kappa shape index (κ3) is 3.81. The zero-order valence-electron chi connectivity index (χ0n) is 12.7. The molecule has 1 N–H and O–H groups in total. The van der Waals surface area contributed by atoms with Crippen molar-refractivity contribution < 1.29 is 4.42 Å². The Bertz CT molecular complexity index is 400. The van der Waals surface area contributed by atoms with E-state index < -0.39 is 0 Å². The van der Waals surface area contributed by atoms with E-state index in [1.54, 1.807) is 0 Å². The number of likely N-dealkylation sites (N-methyl/N-ethyl adjacent to an activating group) is 1. The highest BCUT2D eigenvalue weighted by molar-refractivity contribution is 5.20. The van der Waals surface area contributed by atoms with Gasteiger partial charge in [0.15, 0.2) is 0 Å². The van der Waals surface area contributed by atoms with Crippen molar-refractivity contribution >= 4 is 0 Å². The van der Waals surface area contributed by atoms with Gasteiger partial charge in [-0.25, -0.2) is 0 Å². The van der Waals surface area contributed by atoms with E-state index in [-0.39, 0.29) is 0 Å². The molecule has 0 radical (unpaired) electrons. The number of likely N-dealkylation sites (tertiary alicyclic amines) is 1. The molecule has 1 fully saturated rings. The summed E-state index contributed by atoms with van der Waals surface area (Å²) in [5.74, 6) is 2.19. The van der Waals surface area contributed by atoms with Crippen molar-refractivity contribution in [1.82, 2.24) is 15.1 Å². The Kier molecular flexibility index (Phi) is 5.02. The average Bonchev–Trinajstić information content (AvgIpc) is 2.94. The second-order valence-electron chi connectivity index (χ2n) is 5.74. The quantitative estimate of drug-likeness (QED) is 0.850. The van der Waals surface area contributed by atoms with Crippen LogP contribution in [0, 0.1) is 6.92 Å². The monoisotopic (exact) mass is 265 g/mol. The summed E-state index contributed by atoms with van der Waals surface area (Å²) in [5.41, 5.74) is 1.26. The summed E-state index contributed by atoms with van der Waals surface area (Å²) < 4.78 is 5.96. The van der Waals surface area contributed by atoms with E-state index in [1.807, 2.05) is 0 Å². The first kappa shape index (κ1) is 14.6. The molecule has 0 amide bonds. The molecule has 0 spiro atoms. The second kappa shape index (κ2) is 6.55. The minimum atomic E-state index is 0.692. The Morgan fingerprint density at radius 3 is 2.89 bits per heavy atom. The number of rotatable bonds is 6. The van der Waals surface area contributed by atoms with Crippen molar-refractivity contribution in [3.05, 3.63) is 23.2 Å². The fraction of sp³-hybridized carbons (Fsp3) is 0.733. The Balaban J connectivity index is 1.89. The van der Waals surface area contributed by atoms with Crippen molar-refractivity contribution in [2.45, 2.75) is 39.4 Å². The topological polar surface area (TPSA) is 31.7 Å². The van der Waals surface area contributed by atoms with E-state index in [0.29, 0.717) is 6.04 Å². The lowest BCUT2D eigenvalue weighted by atomic mass is 10.2. The van der Waals surface area contributed by atoms with Crippen LogP contribution in [0.1, 0.15) is 30.4 Å². The molecule has 0 saturated carbocycles. The molecule has 19 heavy (non-hydrogen) atoms. The predicted octanol–water partition coefficient (Wildman–Crippen LogP) is 1.83. The summed E-state index contributed by atoms with van der Waals surface area (Å²) in [6, 6.07) is 2.88. The minimum Gasteiger partial charge on any atom is -0.463 e. The normalized spacial score (nSPS) is 20.6. The van der Waals surface area contributed by atoms with Gasteiger partial charge in [-0.3, -0.25) is 4.90 Å². The molecule has 0 aliphatic carbocycles. The van der Waals surface area contributed by atoms with Crippen LogP contribution < -0.4 is 5.32 Å². The summed E-state index contributed by atoms with van der Waals surface area (Å²) in [6.07, 6.45) is 1.26. The number of hydrogen-bond donors (Lipinski definition) is 1. The number of furan rings is 1. The zero-order chi connectivity index (χ0) is 13.8. The molecule has 1 aromatic rings. The molecular weight excluding hydrogens is 238 g/mol. The van der Waals surface area contributed by atoms with Crippen LogP contribution in [0.15, 0.2) is 10.5 Å². The Morgan fingerprint density at radius 1 is 1.47 bits per heavy atom. The molecule has 1 aliphatic heterocycles. The molecular formula is C15H27N3O. The molecule has 2 heterocycles. The molecule has 4 nitrogen and oxygen atoms in total. The Labute approximate surface area is 116 Å². The van der Waals surface area contributed by atoms with Crippen molar-refractivity contribution in [2.75, 3.05) is 33.7 Å². The molecule has 1 aromatic heterocycles. The molecule has 4 heteroatoms. The lowest BCUT2D eigenvalue weighted by Gasteiger charge is -2.19. The van der Waals surface area contributed by atoms with Crippen LogP contribution in [0.4, 0.5) is 0 Å². The molecule has 1 unspecified atom stereocenters. The van der Waals surface area contributed by atoms with Gasteiger partial charge in [0.25, 0.3) is 0 Å². The fourth-order valence-corrected chi connectivity index (χ4v) is 2.68. The van der Waals surface area contributed by atoms with Crippen LogP contribution in [-0.4, -0.2) is 49.6 Å². The standard InChI is InChI=1S/C15H27N3O/c1-5-16-9-15-12(2)8-14(19-15)11-18-7-6-13(10-18)17(3)4/h8,13,16H,5-7,9-11H2,1-4H3. The molecule has 1 aliphatic rings. The van der Waals surface area contributed by atoms with Gasteiger partial charge in [0, 0.05) is 19.1 Å².